The molecular weight excluding hydrogens is 889 g/mol. The number of carboxylic acids is 1. The Morgan fingerprint density at radius 1 is 0.706 bits per heavy atom. The molecule has 8 atom stereocenters. The molecule has 0 bridgehead atoms. The lowest BCUT2D eigenvalue weighted by atomic mass is 9.97. The lowest BCUT2D eigenvalue weighted by Gasteiger charge is -2.28. The van der Waals surface area contributed by atoms with Crippen LogP contribution >= 0.6 is 0 Å². The van der Waals surface area contributed by atoms with Crippen molar-refractivity contribution in [1.82, 2.24) is 56.8 Å². The van der Waals surface area contributed by atoms with Crippen molar-refractivity contribution >= 4 is 64.2 Å². The highest BCUT2D eigenvalue weighted by atomic mass is 16.4. The van der Waals surface area contributed by atoms with E-state index in [9.17, 15) is 48.6 Å². The van der Waals surface area contributed by atoms with Crippen molar-refractivity contribution < 1.29 is 48.6 Å². The highest BCUT2D eigenvalue weighted by molar-refractivity contribution is 5.99. The second-order valence-corrected chi connectivity index (χ2v) is 16.0. The Labute approximate surface area is 389 Å². The summed E-state index contributed by atoms with van der Waals surface area (Å²) < 4.78 is 0. The van der Waals surface area contributed by atoms with Gasteiger partial charge in [-0.3, -0.25) is 38.6 Å². The summed E-state index contributed by atoms with van der Waals surface area (Å²) in [6.07, 6.45) is 6.16. The van der Waals surface area contributed by atoms with Gasteiger partial charge in [-0.1, -0.05) is 38.5 Å². The predicted molar refractivity (Wildman–Crippen MR) is 244 cm³/mol. The number of benzene rings is 1. The van der Waals surface area contributed by atoms with Gasteiger partial charge in [0, 0.05) is 66.7 Å². The van der Waals surface area contributed by atoms with Crippen molar-refractivity contribution in [2.45, 2.75) is 101 Å². The molecule has 368 valence electrons. The number of nitrogens with one attached hydrogen (secondary N) is 9. The van der Waals surface area contributed by atoms with Crippen LogP contribution in [0.4, 0.5) is 0 Å². The Morgan fingerprint density at radius 2 is 1.25 bits per heavy atom. The number of H-pyrrole nitrogens is 3. The summed E-state index contributed by atoms with van der Waals surface area (Å²) in [5, 5.41) is 35.3. The fourth-order valence-electron chi connectivity index (χ4n) is 6.95. The molecule has 0 aliphatic heterocycles. The van der Waals surface area contributed by atoms with E-state index in [1.807, 2.05) is 0 Å². The number of nitrogens with two attached hydrogens (primary N) is 4. The van der Waals surface area contributed by atoms with E-state index in [-0.39, 0.29) is 44.6 Å². The number of carbonyl (C=O) groups is 8. The third-order valence-electron chi connectivity index (χ3n) is 10.9. The first-order chi connectivity index (χ1) is 32.4. The molecule has 0 aliphatic carbocycles. The van der Waals surface area contributed by atoms with E-state index in [0.29, 0.717) is 34.3 Å². The fraction of sp³-hybridized carbons (Fsp3) is 0.452. The highest BCUT2D eigenvalue weighted by Gasteiger charge is 2.36. The highest BCUT2D eigenvalue weighted by Crippen LogP contribution is 2.20. The Bertz CT molecular complexity index is 2370. The summed E-state index contributed by atoms with van der Waals surface area (Å²) in [5.41, 5.74) is 24.3. The van der Waals surface area contributed by atoms with Gasteiger partial charge in [0.25, 0.3) is 0 Å². The van der Waals surface area contributed by atoms with Gasteiger partial charge >= 0.3 is 5.97 Å². The van der Waals surface area contributed by atoms with Crippen molar-refractivity contribution in [3.8, 4) is 0 Å². The molecule has 0 radical (unpaired) electrons. The Balaban J connectivity index is 1.66. The van der Waals surface area contributed by atoms with Gasteiger partial charge in [0.1, 0.15) is 42.3 Å². The van der Waals surface area contributed by atoms with Gasteiger partial charge in [-0.25, -0.2) is 14.8 Å². The quantitative estimate of drug-likeness (QED) is 0.0146. The number of para-hydroxylation sites is 1. The van der Waals surface area contributed by atoms with Crippen molar-refractivity contribution in [3.63, 3.8) is 0 Å². The van der Waals surface area contributed by atoms with Gasteiger partial charge in [-0.2, -0.15) is 0 Å². The van der Waals surface area contributed by atoms with Crippen LogP contribution in [0.3, 0.4) is 0 Å². The van der Waals surface area contributed by atoms with E-state index in [4.69, 9.17) is 22.9 Å². The summed E-state index contributed by atoms with van der Waals surface area (Å²) in [7, 11) is 0. The maximum absolute atomic E-state index is 14.6. The number of aromatic amines is 3. The van der Waals surface area contributed by atoms with E-state index in [0.717, 1.165) is 0 Å². The molecule has 3 heterocycles. The van der Waals surface area contributed by atoms with Crippen LogP contribution < -0.4 is 54.8 Å². The van der Waals surface area contributed by atoms with E-state index < -0.39 is 109 Å². The Hall–Kier alpha value is -7.87. The third kappa shape index (κ3) is 15.9. The van der Waals surface area contributed by atoms with Crippen molar-refractivity contribution in [2.75, 3.05) is 13.2 Å². The number of rotatable bonds is 28. The summed E-state index contributed by atoms with van der Waals surface area (Å²) in [6, 6.07) is -3.05. The Morgan fingerprint density at radius 3 is 1.81 bits per heavy atom. The van der Waals surface area contributed by atoms with E-state index in [2.05, 4.69) is 61.8 Å². The SMILES string of the molecule is CC[C@H](C)[C@H](NC(=O)[C@@H](N)CO)C(=O)N[C@@H](CC(N)=O)C(=O)N[C@@H](Cc1c[nH]c2ccccc12)C(=O)N[C@@H](CCCN=C(N)N)C(=O)N[C@@H](Cc1cnc[nH]1)C(=O)N[C@@H](Cc1cnc[nH]1)C(=O)O. The monoisotopic (exact) mass is 948 g/mol. The number of aliphatic carboxylic acids is 1. The molecule has 19 N–H and O–H groups in total. The lowest BCUT2D eigenvalue weighted by Crippen LogP contribution is -2.61. The number of nitrogens with zero attached hydrogens (tertiary/aromatic N) is 3. The summed E-state index contributed by atoms with van der Waals surface area (Å²) >= 11 is 0. The first-order valence-electron chi connectivity index (χ1n) is 21.6. The number of guanidine groups is 1. The summed E-state index contributed by atoms with van der Waals surface area (Å²) in [6.45, 7) is 2.69. The summed E-state index contributed by atoms with van der Waals surface area (Å²) in [5.74, 6) is -8.60. The van der Waals surface area contributed by atoms with E-state index >= 15 is 0 Å². The third-order valence-corrected chi connectivity index (χ3v) is 10.9. The normalized spacial score (nSPS) is 14.6. The number of aliphatic hydroxyl groups excluding tert-OH is 1. The van der Waals surface area contributed by atoms with Gasteiger partial charge in [0.15, 0.2) is 5.96 Å². The maximum atomic E-state index is 14.6. The number of aliphatic hydroxyl groups is 1. The number of primary amides is 1. The predicted octanol–water partition coefficient (Wildman–Crippen LogP) is -4.07. The van der Waals surface area contributed by atoms with Crippen molar-refractivity contribution in [3.05, 3.63) is 72.5 Å². The van der Waals surface area contributed by atoms with Crippen LogP contribution in [0.25, 0.3) is 10.9 Å². The minimum Gasteiger partial charge on any atom is -0.480 e. The number of aliphatic imine (C=N–C) groups is 1. The molecule has 4 aromatic rings. The molecule has 68 heavy (non-hydrogen) atoms. The van der Waals surface area contributed by atoms with Crippen molar-refractivity contribution in [1.29, 1.82) is 0 Å². The number of carbonyl (C=O) groups excluding carboxylic acids is 7. The molecule has 4 rings (SSSR count). The molecule has 1 aromatic carbocycles. The maximum Gasteiger partial charge on any atom is 0.326 e. The molecule has 0 spiro atoms. The summed E-state index contributed by atoms with van der Waals surface area (Å²) in [4.78, 5) is 128. The van der Waals surface area contributed by atoms with Crippen LogP contribution in [0, 0.1) is 5.92 Å². The molecule has 0 saturated heterocycles. The number of imidazole rings is 2. The molecule has 26 heteroatoms. The molecule has 0 aliphatic rings. The fourth-order valence-corrected chi connectivity index (χ4v) is 6.95. The molecular formula is C42H60N16O10. The zero-order valence-electron chi connectivity index (χ0n) is 37.5. The Kier molecular flexibility index (Phi) is 20.0. The van der Waals surface area contributed by atoms with Crippen LogP contribution in [-0.4, -0.2) is 144 Å². The molecule has 7 amide bonds. The van der Waals surface area contributed by atoms with Crippen molar-refractivity contribution in [2.24, 2.45) is 33.8 Å². The smallest absolute Gasteiger partial charge is 0.326 e. The minimum atomic E-state index is -1.68. The van der Waals surface area contributed by atoms with Crippen LogP contribution in [0.5, 0.6) is 0 Å². The van der Waals surface area contributed by atoms with Gasteiger partial charge in [0.2, 0.25) is 41.4 Å². The lowest BCUT2D eigenvalue weighted by molar-refractivity contribution is -0.142. The number of hydrogen-bond acceptors (Lipinski definition) is 13. The minimum absolute atomic E-state index is 0.0158. The van der Waals surface area contributed by atoms with Crippen LogP contribution in [0.1, 0.15) is 56.5 Å². The average molecular weight is 949 g/mol. The largest absolute Gasteiger partial charge is 0.480 e. The van der Waals surface area contributed by atoms with E-state index in [1.54, 1.807) is 44.3 Å². The standard InChI is InChI=1S/C42H60N16O10/c1-3-21(2)34(58-35(61)26(43)18-59)40(66)56-31(14-33(44)60)39(65)54-29(11-22-15-50-27-8-5-4-7-25(22)27)37(63)53-28(9-6-10-49-42(45)46)36(62)55-30(12-23-16-47-19-51-23)38(64)57-32(41(67)68)13-24-17-48-20-52-24/h4-5,7-8,15-17,19-21,26,28-32,34,50,59H,3,6,9-14,18,43H2,1-2H3,(H2,44,60)(H,47,51)(H,48,52)(H,53,63)(H,54,65)(H,55,62)(H,56,66)(H,57,64)(H,58,61)(H,67,68)(H4,45,46,49)/t21-,26-,28-,29-,30-,31-,32-,34-/m0/s1. The zero-order valence-corrected chi connectivity index (χ0v) is 37.5. The molecule has 0 saturated carbocycles. The number of hydrogen-bond donors (Lipinski definition) is 15. The first-order valence-corrected chi connectivity index (χ1v) is 21.6. The number of aromatic nitrogens is 5. The van der Waals surface area contributed by atoms with Crippen LogP contribution in [0.15, 0.2) is 60.5 Å². The molecule has 0 fully saturated rings. The molecule has 26 nitrogen and oxygen atoms in total. The van der Waals surface area contributed by atoms with Crippen LogP contribution in [-0.2, 0) is 57.6 Å². The average Bonchev–Trinajstić information content (AvgIpc) is 4.11. The van der Waals surface area contributed by atoms with Gasteiger partial charge in [0.05, 0.1) is 25.7 Å². The number of amides is 7. The van der Waals surface area contributed by atoms with Crippen LogP contribution in [0.2, 0.25) is 0 Å². The number of fused-ring (bicyclic) bond motifs is 1. The van der Waals surface area contributed by atoms with Gasteiger partial charge in [-0.15, -0.1) is 0 Å². The first kappa shape index (κ1) is 52.8. The van der Waals surface area contributed by atoms with Gasteiger partial charge < -0.3 is 80.0 Å². The topological polar surface area (TPSA) is 439 Å². The number of carboxylic acid groups (broad SMARTS) is 1. The molecule has 0 unspecified atom stereocenters. The second kappa shape index (κ2) is 25.7. The molecule has 3 aromatic heterocycles. The van der Waals surface area contributed by atoms with E-state index in [1.165, 1.54) is 25.0 Å². The zero-order chi connectivity index (χ0) is 49.9. The second-order valence-electron chi connectivity index (χ2n) is 16.0. The van der Waals surface area contributed by atoms with Gasteiger partial charge in [-0.05, 0) is 30.4 Å².